The standard InChI is InChI=1S/C26H22BrNO4/c1-15-12-16(2)14-20(13-15)31-17(3)26(30)28-23-21-6-4-5-7-22(21)32-25(23)24(29)18-8-10-19(27)11-9-18/h4-14,17H,1-3H3,(H,28,30)/t17-/m1/s1. The van der Waals surface area contributed by atoms with Gasteiger partial charge in [-0.2, -0.15) is 0 Å². The van der Waals surface area contributed by atoms with Crippen molar-refractivity contribution in [3.63, 3.8) is 0 Å². The van der Waals surface area contributed by atoms with Crippen LogP contribution in [0.4, 0.5) is 5.69 Å². The number of fused-ring (bicyclic) bond motifs is 1. The summed E-state index contributed by atoms with van der Waals surface area (Å²) in [7, 11) is 0. The van der Waals surface area contributed by atoms with Crippen molar-refractivity contribution in [1.29, 1.82) is 0 Å². The highest BCUT2D eigenvalue weighted by molar-refractivity contribution is 9.10. The van der Waals surface area contributed by atoms with Gasteiger partial charge in [0.05, 0.1) is 5.69 Å². The van der Waals surface area contributed by atoms with Gasteiger partial charge in [0.25, 0.3) is 5.91 Å². The second-order valence-corrected chi connectivity index (χ2v) is 8.63. The zero-order valence-corrected chi connectivity index (χ0v) is 19.5. The average molecular weight is 492 g/mol. The third-order valence-corrected chi connectivity index (χ3v) is 5.56. The molecular weight excluding hydrogens is 470 g/mol. The Labute approximate surface area is 194 Å². The van der Waals surface area contributed by atoms with Gasteiger partial charge < -0.3 is 14.5 Å². The Kier molecular flexibility index (Phi) is 6.15. The lowest BCUT2D eigenvalue weighted by atomic mass is 10.1. The summed E-state index contributed by atoms with van der Waals surface area (Å²) >= 11 is 3.37. The molecule has 162 valence electrons. The van der Waals surface area contributed by atoms with Gasteiger partial charge in [-0.1, -0.05) is 34.1 Å². The maximum atomic E-state index is 13.2. The fourth-order valence-corrected chi connectivity index (χ4v) is 3.81. The van der Waals surface area contributed by atoms with Gasteiger partial charge in [0.1, 0.15) is 11.3 Å². The molecule has 0 aliphatic carbocycles. The molecule has 0 saturated heterocycles. The molecule has 5 nitrogen and oxygen atoms in total. The van der Waals surface area contributed by atoms with E-state index in [1.807, 2.05) is 50.2 Å². The van der Waals surface area contributed by atoms with Crippen molar-refractivity contribution in [2.45, 2.75) is 26.9 Å². The lowest BCUT2D eigenvalue weighted by Gasteiger charge is -2.16. The van der Waals surface area contributed by atoms with E-state index in [1.54, 1.807) is 37.3 Å². The number of furan rings is 1. The minimum atomic E-state index is -0.777. The van der Waals surface area contributed by atoms with E-state index in [0.717, 1.165) is 15.6 Å². The summed E-state index contributed by atoms with van der Waals surface area (Å²) in [5.41, 5.74) is 3.43. The van der Waals surface area contributed by atoms with E-state index >= 15 is 0 Å². The highest BCUT2D eigenvalue weighted by atomic mass is 79.9. The van der Waals surface area contributed by atoms with Crippen molar-refractivity contribution in [3.8, 4) is 5.75 Å². The molecule has 1 aromatic heterocycles. The first kappa shape index (κ1) is 21.8. The highest BCUT2D eigenvalue weighted by Crippen LogP contribution is 2.33. The molecule has 1 atom stereocenters. The summed E-state index contributed by atoms with van der Waals surface area (Å²) in [6.45, 7) is 5.62. The molecule has 0 radical (unpaired) electrons. The quantitative estimate of drug-likeness (QED) is 0.314. The zero-order chi connectivity index (χ0) is 22.8. The smallest absolute Gasteiger partial charge is 0.265 e. The fourth-order valence-electron chi connectivity index (χ4n) is 3.55. The van der Waals surface area contributed by atoms with Crippen LogP contribution in [0.2, 0.25) is 0 Å². The number of amides is 1. The van der Waals surface area contributed by atoms with E-state index in [4.69, 9.17) is 9.15 Å². The van der Waals surface area contributed by atoms with Crippen molar-refractivity contribution in [2.75, 3.05) is 5.32 Å². The molecule has 0 aliphatic heterocycles. The van der Waals surface area contributed by atoms with Crippen LogP contribution in [0.5, 0.6) is 5.75 Å². The molecule has 6 heteroatoms. The first-order chi connectivity index (χ1) is 15.3. The maximum Gasteiger partial charge on any atom is 0.265 e. The maximum absolute atomic E-state index is 13.2. The molecule has 0 spiro atoms. The van der Waals surface area contributed by atoms with Crippen LogP contribution >= 0.6 is 15.9 Å². The van der Waals surface area contributed by atoms with Crippen LogP contribution in [0.1, 0.15) is 34.2 Å². The highest BCUT2D eigenvalue weighted by Gasteiger charge is 2.25. The van der Waals surface area contributed by atoms with E-state index in [9.17, 15) is 9.59 Å². The number of hydrogen-bond donors (Lipinski definition) is 1. The number of ketones is 1. The minimum Gasteiger partial charge on any atom is -0.481 e. The van der Waals surface area contributed by atoms with Gasteiger partial charge in [0, 0.05) is 15.4 Å². The predicted octanol–water partition coefficient (Wildman–Crippen LogP) is 6.45. The number of halogens is 1. The van der Waals surface area contributed by atoms with E-state index in [0.29, 0.717) is 28.0 Å². The Bertz CT molecular complexity index is 1290. The number of carbonyl (C=O) groups is 2. The number of aryl methyl sites for hydroxylation is 2. The number of ether oxygens (including phenoxy) is 1. The third-order valence-electron chi connectivity index (χ3n) is 5.03. The number of anilines is 1. The van der Waals surface area contributed by atoms with Gasteiger partial charge in [-0.3, -0.25) is 9.59 Å². The van der Waals surface area contributed by atoms with Crippen molar-refractivity contribution in [2.24, 2.45) is 0 Å². The summed E-state index contributed by atoms with van der Waals surface area (Å²) in [5, 5.41) is 3.51. The van der Waals surface area contributed by atoms with E-state index in [2.05, 4.69) is 21.2 Å². The Morgan fingerprint density at radius 2 is 1.62 bits per heavy atom. The monoisotopic (exact) mass is 491 g/mol. The zero-order valence-electron chi connectivity index (χ0n) is 17.9. The fraction of sp³-hybridized carbons (Fsp3) is 0.154. The molecular formula is C26H22BrNO4. The topological polar surface area (TPSA) is 68.5 Å². The molecule has 0 fully saturated rings. The molecule has 0 unspecified atom stereocenters. The second-order valence-electron chi connectivity index (χ2n) is 7.71. The lowest BCUT2D eigenvalue weighted by Crippen LogP contribution is -2.30. The molecule has 1 amide bonds. The Morgan fingerprint density at radius 3 is 2.31 bits per heavy atom. The van der Waals surface area contributed by atoms with Crippen molar-refractivity contribution < 1.29 is 18.7 Å². The van der Waals surface area contributed by atoms with E-state index in [1.165, 1.54) is 0 Å². The average Bonchev–Trinajstić information content (AvgIpc) is 3.11. The van der Waals surface area contributed by atoms with Crippen molar-refractivity contribution >= 4 is 44.3 Å². The largest absolute Gasteiger partial charge is 0.481 e. The van der Waals surface area contributed by atoms with Crippen LogP contribution in [-0.2, 0) is 4.79 Å². The first-order valence-electron chi connectivity index (χ1n) is 10.2. The molecule has 3 aromatic carbocycles. The van der Waals surface area contributed by atoms with E-state index in [-0.39, 0.29) is 17.5 Å². The Balaban J connectivity index is 1.64. The predicted molar refractivity (Wildman–Crippen MR) is 128 cm³/mol. The number of carbonyl (C=O) groups excluding carboxylic acids is 2. The lowest BCUT2D eigenvalue weighted by molar-refractivity contribution is -0.122. The van der Waals surface area contributed by atoms with Gasteiger partial charge in [-0.05, 0) is 80.4 Å². The SMILES string of the molecule is Cc1cc(C)cc(O[C@H](C)C(=O)Nc2c(C(=O)c3ccc(Br)cc3)oc3ccccc23)c1. The van der Waals surface area contributed by atoms with Gasteiger partial charge in [-0.15, -0.1) is 0 Å². The number of hydrogen-bond acceptors (Lipinski definition) is 4. The molecule has 0 saturated carbocycles. The van der Waals surface area contributed by atoms with Crippen molar-refractivity contribution in [1.82, 2.24) is 0 Å². The van der Waals surface area contributed by atoms with Crippen LogP contribution in [0, 0.1) is 13.8 Å². The molecule has 0 bridgehead atoms. The van der Waals surface area contributed by atoms with Gasteiger partial charge >= 0.3 is 0 Å². The normalized spacial score (nSPS) is 11.9. The molecule has 1 N–H and O–H groups in total. The molecule has 1 heterocycles. The number of rotatable bonds is 6. The third kappa shape index (κ3) is 4.60. The van der Waals surface area contributed by atoms with Crippen LogP contribution < -0.4 is 10.1 Å². The summed E-state index contributed by atoms with van der Waals surface area (Å²) < 4.78 is 12.6. The number of nitrogens with one attached hydrogen (secondary N) is 1. The number of para-hydroxylation sites is 1. The molecule has 4 rings (SSSR count). The number of benzene rings is 3. The summed E-state index contributed by atoms with van der Waals surface area (Å²) in [4.78, 5) is 26.2. The first-order valence-corrected chi connectivity index (χ1v) is 11.0. The summed E-state index contributed by atoms with van der Waals surface area (Å²) in [6.07, 6.45) is -0.777. The van der Waals surface area contributed by atoms with E-state index < -0.39 is 6.10 Å². The van der Waals surface area contributed by atoms with Crippen LogP contribution in [0.15, 0.2) is 75.6 Å². The second kappa shape index (κ2) is 9.01. The molecule has 32 heavy (non-hydrogen) atoms. The van der Waals surface area contributed by atoms with Crippen LogP contribution in [-0.4, -0.2) is 17.8 Å². The minimum absolute atomic E-state index is 0.0838. The van der Waals surface area contributed by atoms with Crippen molar-refractivity contribution in [3.05, 3.63) is 93.7 Å². The summed E-state index contributed by atoms with van der Waals surface area (Å²) in [5.74, 6) is 0.0151. The van der Waals surface area contributed by atoms with Gasteiger partial charge in [0.2, 0.25) is 5.78 Å². The van der Waals surface area contributed by atoms with Crippen LogP contribution in [0.25, 0.3) is 11.0 Å². The van der Waals surface area contributed by atoms with Gasteiger partial charge in [0.15, 0.2) is 11.9 Å². The Hall–Kier alpha value is -3.38. The Morgan fingerprint density at radius 1 is 0.969 bits per heavy atom. The summed E-state index contributed by atoms with van der Waals surface area (Å²) in [6, 6.07) is 20.0. The molecule has 0 aliphatic rings. The van der Waals surface area contributed by atoms with Gasteiger partial charge in [-0.25, -0.2) is 0 Å². The van der Waals surface area contributed by atoms with Crippen LogP contribution in [0.3, 0.4) is 0 Å². The molecule has 4 aromatic rings.